The Labute approximate surface area is 188 Å². The molecule has 166 valence electrons. The lowest BCUT2D eigenvalue weighted by Gasteiger charge is -2.34. The van der Waals surface area contributed by atoms with Crippen molar-refractivity contribution < 1.29 is 9.59 Å². The molecular weight excluding hydrogens is 408 g/mol. The topological polar surface area (TPSA) is 74.3 Å². The minimum atomic E-state index is -0.235. The van der Waals surface area contributed by atoms with Crippen LogP contribution in [-0.4, -0.2) is 41.0 Å². The highest BCUT2D eigenvalue weighted by Crippen LogP contribution is 2.28. The van der Waals surface area contributed by atoms with Crippen molar-refractivity contribution in [1.29, 1.82) is 0 Å². The van der Waals surface area contributed by atoms with Gasteiger partial charge in [-0.2, -0.15) is 0 Å². The molecule has 2 fully saturated rings. The van der Waals surface area contributed by atoms with E-state index in [1.54, 1.807) is 17.5 Å². The number of nitrogens with one attached hydrogen (secondary N) is 2. The Morgan fingerprint density at radius 1 is 1.10 bits per heavy atom. The van der Waals surface area contributed by atoms with Crippen molar-refractivity contribution in [3.05, 3.63) is 52.0 Å². The van der Waals surface area contributed by atoms with E-state index in [4.69, 9.17) is 0 Å². The van der Waals surface area contributed by atoms with Crippen LogP contribution in [0.4, 0.5) is 4.79 Å². The molecule has 1 unspecified atom stereocenters. The molecule has 1 saturated carbocycles. The van der Waals surface area contributed by atoms with Gasteiger partial charge in [0.2, 0.25) is 5.91 Å². The van der Waals surface area contributed by atoms with Crippen LogP contribution in [0.1, 0.15) is 67.1 Å². The molecule has 31 heavy (non-hydrogen) atoms. The second-order valence-electron chi connectivity index (χ2n) is 8.71. The molecule has 0 spiro atoms. The first-order chi connectivity index (χ1) is 15.1. The molecule has 6 nitrogen and oxygen atoms in total. The number of hydrogen-bond donors (Lipinski definition) is 2. The minimum Gasteiger partial charge on any atom is -0.343 e. The molecule has 2 N–H and O–H groups in total. The molecular formula is C24H32N4O2S. The smallest absolute Gasteiger partial charge is 0.317 e. The molecule has 7 heteroatoms. The highest BCUT2D eigenvalue weighted by Gasteiger charge is 2.30. The summed E-state index contributed by atoms with van der Waals surface area (Å²) in [5, 5.41) is 8.46. The lowest BCUT2D eigenvalue weighted by molar-refractivity contribution is -0.126. The molecule has 3 amide bonds. The fourth-order valence-corrected chi connectivity index (χ4v) is 5.43. The highest BCUT2D eigenvalue weighted by molar-refractivity contribution is 7.10. The third kappa shape index (κ3) is 5.45. The van der Waals surface area contributed by atoms with Gasteiger partial charge in [0.15, 0.2) is 0 Å². The van der Waals surface area contributed by atoms with Gasteiger partial charge >= 0.3 is 6.03 Å². The Hall–Kier alpha value is -2.41. The molecule has 2 aromatic heterocycles. The van der Waals surface area contributed by atoms with E-state index in [1.165, 1.54) is 19.3 Å². The number of aryl methyl sites for hydroxylation is 1. The van der Waals surface area contributed by atoms with Crippen LogP contribution >= 0.6 is 11.3 Å². The molecule has 1 aliphatic heterocycles. The van der Waals surface area contributed by atoms with Crippen molar-refractivity contribution in [2.45, 2.75) is 64.0 Å². The number of carbonyl (C=O) groups is 2. The van der Waals surface area contributed by atoms with Crippen molar-refractivity contribution >= 4 is 23.3 Å². The van der Waals surface area contributed by atoms with Gasteiger partial charge in [-0.25, -0.2) is 4.79 Å². The summed E-state index contributed by atoms with van der Waals surface area (Å²) in [5.41, 5.74) is 1.96. The van der Waals surface area contributed by atoms with Crippen LogP contribution in [0, 0.1) is 12.8 Å². The first-order valence-corrected chi connectivity index (χ1v) is 12.3. The Bertz CT molecular complexity index is 871. The summed E-state index contributed by atoms with van der Waals surface area (Å²) in [7, 11) is 0. The summed E-state index contributed by atoms with van der Waals surface area (Å²) in [4.78, 5) is 33.2. The van der Waals surface area contributed by atoms with Gasteiger partial charge in [0.1, 0.15) is 6.04 Å². The van der Waals surface area contributed by atoms with E-state index in [0.717, 1.165) is 29.0 Å². The first kappa shape index (κ1) is 21.8. The molecule has 1 saturated heterocycles. The number of carbonyl (C=O) groups excluding carboxylic acids is 2. The standard InChI is InChI=1S/C24H32N4O2S/c1-17-7-5-13-25-21(17)22(20-10-6-16-31-20)27-23(29)18-11-14-28(15-12-18)24(30)26-19-8-3-2-4-9-19/h5-7,10,13,16,18-19,22H,2-4,8-9,11-12,14-15H2,1H3,(H,26,30)(H,27,29). The molecule has 4 rings (SSSR count). The van der Waals surface area contributed by atoms with Crippen LogP contribution in [0.2, 0.25) is 0 Å². The monoisotopic (exact) mass is 440 g/mol. The van der Waals surface area contributed by atoms with Gasteiger partial charge in [-0.05, 0) is 55.7 Å². The van der Waals surface area contributed by atoms with E-state index in [2.05, 4.69) is 15.6 Å². The van der Waals surface area contributed by atoms with E-state index < -0.39 is 0 Å². The molecule has 3 heterocycles. The summed E-state index contributed by atoms with van der Waals surface area (Å²) >= 11 is 1.63. The number of nitrogens with zero attached hydrogens (tertiary/aromatic N) is 2. The van der Waals surface area contributed by atoms with Gasteiger partial charge in [0.25, 0.3) is 0 Å². The van der Waals surface area contributed by atoms with Crippen molar-refractivity contribution in [2.24, 2.45) is 5.92 Å². The lowest BCUT2D eigenvalue weighted by Crippen LogP contribution is -2.50. The van der Waals surface area contributed by atoms with E-state index in [0.29, 0.717) is 32.0 Å². The molecule has 2 aromatic rings. The van der Waals surface area contributed by atoms with Crippen molar-refractivity contribution in [3.8, 4) is 0 Å². The first-order valence-electron chi connectivity index (χ1n) is 11.4. The maximum Gasteiger partial charge on any atom is 0.317 e. The van der Waals surface area contributed by atoms with Crippen LogP contribution < -0.4 is 10.6 Å². The zero-order chi connectivity index (χ0) is 21.6. The maximum atomic E-state index is 13.1. The SMILES string of the molecule is Cc1cccnc1C(NC(=O)C1CCN(C(=O)NC2CCCCC2)CC1)c1cccs1. The Morgan fingerprint density at radius 2 is 1.87 bits per heavy atom. The molecule has 2 aliphatic rings. The number of urea groups is 1. The molecule has 0 aromatic carbocycles. The van der Waals surface area contributed by atoms with E-state index >= 15 is 0 Å². The van der Waals surface area contributed by atoms with E-state index in [1.807, 2.05) is 41.5 Å². The zero-order valence-electron chi connectivity index (χ0n) is 18.2. The van der Waals surface area contributed by atoms with Gasteiger partial charge in [-0.1, -0.05) is 31.4 Å². The fourth-order valence-electron chi connectivity index (χ4n) is 4.65. The average Bonchev–Trinajstić information content (AvgIpc) is 3.33. The number of pyridine rings is 1. The van der Waals surface area contributed by atoms with Crippen LogP contribution in [0.25, 0.3) is 0 Å². The van der Waals surface area contributed by atoms with Gasteiger partial charge < -0.3 is 15.5 Å². The predicted molar refractivity (Wildman–Crippen MR) is 123 cm³/mol. The van der Waals surface area contributed by atoms with Crippen LogP contribution in [0.15, 0.2) is 35.8 Å². The molecule has 1 atom stereocenters. The van der Waals surface area contributed by atoms with E-state index in [-0.39, 0.29) is 23.9 Å². The number of rotatable bonds is 5. The predicted octanol–water partition coefficient (Wildman–Crippen LogP) is 4.41. The minimum absolute atomic E-state index is 0.0336. The lowest BCUT2D eigenvalue weighted by atomic mass is 9.94. The number of aromatic nitrogens is 1. The number of amides is 3. The Balaban J connectivity index is 1.34. The highest BCUT2D eigenvalue weighted by atomic mass is 32.1. The summed E-state index contributed by atoms with van der Waals surface area (Å²) in [6.45, 7) is 3.28. The van der Waals surface area contributed by atoms with Gasteiger partial charge in [-0.3, -0.25) is 9.78 Å². The van der Waals surface area contributed by atoms with E-state index in [9.17, 15) is 9.59 Å². The van der Waals surface area contributed by atoms with Crippen LogP contribution in [0.3, 0.4) is 0 Å². The third-order valence-electron chi connectivity index (χ3n) is 6.52. The molecule has 1 aliphatic carbocycles. The number of likely N-dealkylation sites (tertiary alicyclic amines) is 1. The summed E-state index contributed by atoms with van der Waals surface area (Å²) in [5.74, 6) is -0.0268. The molecule has 0 bridgehead atoms. The fraction of sp³-hybridized carbons (Fsp3) is 0.542. The quantitative estimate of drug-likeness (QED) is 0.723. The summed E-state index contributed by atoms with van der Waals surface area (Å²) in [6, 6.07) is 8.10. The Kier molecular flexibility index (Phi) is 7.22. The number of hydrogen-bond acceptors (Lipinski definition) is 4. The second-order valence-corrected chi connectivity index (χ2v) is 9.69. The third-order valence-corrected chi connectivity index (χ3v) is 7.46. The van der Waals surface area contributed by atoms with Crippen LogP contribution in [-0.2, 0) is 4.79 Å². The van der Waals surface area contributed by atoms with Gasteiger partial charge in [0.05, 0.1) is 5.69 Å². The summed E-state index contributed by atoms with van der Waals surface area (Å²) in [6.07, 6.45) is 9.02. The maximum absolute atomic E-state index is 13.1. The number of thiophene rings is 1. The van der Waals surface area contributed by atoms with Gasteiger partial charge in [0, 0.05) is 36.1 Å². The average molecular weight is 441 g/mol. The Morgan fingerprint density at radius 3 is 2.55 bits per heavy atom. The largest absolute Gasteiger partial charge is 0.343 e. The van der Waals surface area contributed by atoms with Crippen molar-refractivity contribution in [3.63, 3.8) is 0 Å². The van der Waals surface area contributed by atoms with Crippen LogP contribution in [0.5, 0.6) is 0 Å². The second kappa shape index (κ2) is 10.3. The van der Waals surface area contributed by atoms with Gasteiger partial charge in [-0.15, -0.1) is 11.3 Å². The normalized spacial score (nSPS) is 19.1. The molecule has 0 radical (unpaired) electrons. The summed E-state index contributed by atoms with van der Waals surface area (Å²) < 4.78 is 0. The zero-order valence-corrected chi connectivity index (χ0v) is 19.0. The van der Waals surface area contributed by atoms with Crippen molar-refractivity contribution in [1.82, 2.24) is 20.5 Å². The number of piperidine rings is 1. The van der Waals surface area contributed by atoms with Crippen molar-refractivity contribution in [2.75, 3.05) is 13.1 Å².